The zero-order valence-electron chi connectivity index (χ0n) is 13.6. The predicted octanol–water partition coefficient (Wildman–Crippen LogP) is 1.51. The smallest absolute Gasteiger partial charge is 0.410 e. The van der Waals surface area contributed by atoms with Crippen LogP contribution in [0.15, 0.2) is 53.5 Å². The number of carbonyl (C=O) groups excluding carboxylic acids is 2. The lowest BCUT2D eigenvalue weighted by molar-refractivity contribution is 0.0474. The molecule has 1 aromatic heterocycles. The second-order valence-corrected chi connectivity index (χ2v) is 5.58. The molecule has 0 spiro atoms. The van der Waals surface area contributed by atoms with Crippen LogP contribution in [-0.4, -0.2) is 47.8 Å². The van der Waals surface area contributed by atoms with Crippen LogP contribution >= 0.6 is 0 Å². The molecular formula is C18H18N2O5. The van der Waals surface area contributed by atoms with E-state index >= 15 is 0 Å². The van der Waals surface area contributed by atoms with Crippen LogP contribution in [0.5, 0.6) is 0 Å². The Morgan fingerprint density at radius 1 is 1.12 bits per heavy atom. The number of hydrogen-bond acceptors (Lipinski definition) is 5. The van der Waals surface area contributed by atoms with Gasteiger partial charge < -0.3 is 18.9 Å². The number of cyclic esters (lactones) is 1. The van der Waals surface area contributed by atoms with Crippen molar-refractivity contribution in [2.45, 2.75) is 6.54 Å². The first kappa shape index (κ1) is 16.8. The standard InChI is InChI=1S/C18H18N2O5/c21-16-15(17(22)24-11-9-19-10-12-25-18(19)23)7-4-8-20(16)13-14-5-2-1-3-6-14/h1-8H,9-13H2. The maximum absolute atomic E-state index is 12.5. The van der Waals surface area contributed by atoms with Crippen molar-refractivity contribution < 1.29 is 19.1 Å². The van der Waals surface area contributed by atoms with E-state index in [1.165, 1.54) is 15.5 Å². The Balaban J connectivity index is 1.63. The summed E-state index contributed by atoms with van der Waals surface area (Å²) in [6.07, 6.45) is 1.22. The first-order valence-electron chi connectivity index (χ1n) is 7.97. The van der Waals surface area contributed by atoms with Gasteiger partial charge in [0.05, 0.1) is 19.6 Å². The second kappa shape index (κ2) is 7.65. The van der Waals surface area contributed by atoms with E-state index in [0.717, 1.165) is 5.56 Å². The lowest BCUT2D eigenvalue weighted by Crippen LogP contribution is -2.31. The molecule has 1 amide bonds. The van der Waals surface area contributed by atoms with Crippen LogP contribution in [-0.2, 0) is 16.0 Å². The zero-order chi connectivity index (χ0) is 17.6. The average molecular weight is 342 g/mol. The van der Waals surface area contributed by atoms with Crippen LogP contribution < -0.4 is 5.56 Å². The summed E-state index contributed by atoms with van der Waals surface area (Å²) in [7, 11) is 0. The Bertz CT molecular complexity index is 816. The van der Waals surface area contributed by atoms with Gasteiger partial charge in [-0.15, -0.1) is 0 Å². The lowest BCUT2D eigenvalue weighted by atomic mass is 10.2. The van der Waals surface area contributed by atoms with Gasteiger partial charge in [-0.2, -0.15) is 0 Å². The molecule has 1 aliphatic heterocycles. The number of esters is 1. The highest BCUT2D eigenvalue weighted by Gasteiger charge is 2.22. The molecule has 0 bridgehead atoms. The minimum absolute atomic E-state index is 0.0148. The van der Waals surface area contributed by atoms with Crippen molar-refractivity contribution in [3.8, 4) is 0 Å². The van der Waals surface area contributed by atoms with E-state index < -0.39 is 17.6 Å². The van der Waals surface area contributed by atoms with Gasteiger partial charge in [-0.25, -0.2) is 9.59 Å². The molecule has 0 unspecified atom stereocenters. The van der Waals surface area contributed by atoms with Gasteiger partial charge in [-0.1, -0.05) is 30.3 Å². The Hall–Kier alpha value is -3.09. The number of amides is 1. The fourth-order valence-electron chi connectivity index (χ4n) is 2.55. The first-order valence-corrected chi connectivity index (χ1v) is 7.97. The predicted molar refractivity (Wildman–Crippen MR) is 89.4 cm³/mol. The van der Waals surface area contributed by atoms with Gasteiger partial charge in [0.1, 0.15) is 18.8 Å². The average Bonchev–Trinajstić information content (AvgIpc) is 3.03. The molecule has 0 radical (unpaired) electrons. The molecular weight excluding hydrogens is 324 g/mol. The molecule has 2 heterocycles. The van der Waals surface area contributed by atoms with E-state index in [0.29, 0.717) is 19.7 Å². The molecule has 7 heteroatoms. The van der Waals surface area contributed by atoms with Crippen molar-refractivity contribution in [3.05, 3.63) is 70.1 Å². The summed E-state index contributed by atoms with van der Waals surface area (Å²) in [5.74, 6) is -0.694. The molecule has 0 N–H and O–H groups in total. The van der Waals surface area contributed by atoms with E-state index in [9.17, 15) is 14.4 Å². The van der Waals surface area contributed by atoms with Gasteiger partial charge in [0.25, 0.3) is 5.56 Å². The number of pyridine rings is 1. The monoisotopic (exact) mass is 342 g/mol. The highest BCUT2D eigenvalue weighted by Crippen LogP contribution is 2.04. The topological polar surface area (TPSA) is 77.8 Å². The SMILES string of the molecule is O=C(OCCN1CCOC1=O)c1cccn(Cc2ccccc2)c1=O. The molecule has 1 fully saturated rings. The number of carbonyl (C=O) groups is 2. The van der Waals surface area contributed by atoms with Gasteiger partial charge in [0.2, 0.25) is 0 Å². The Morgan fingerprint density at radius 3 is 2.64 bits per heavy atom. The fourth-order valence-corrected chi connectivity index (χ4v) is 2.55. The third kappa shape index (κ3) is 4.06. The van der Waals surface area contributed by atoms with Crippen LogP contribution in [0, 0.1) is 0 Å². The summed E-state index contributed by atoms with van der Waals surface area (Å²) in [4.78, 5) is 37.4. The fraction of sp³-hybridized carbons (Fsp3) is 0.278. The van der Waals surface area contributed by atoms with Gasteiger partial charge in [-0.05, 0) is 17.7 Å². The normalized spacial score (nSPS) is 13.6. The summed E-state index contributed by atoms with van der Waals surface area (Å²) in [6.45, 7) is 1.46. The summed E-state index contributed by atoms with van der Waals surface area (Å²) in [6, 6.07) is 12.6. The van der Waals surface area contributed by atoms with Crippen molar-refractivity contribution >= 4 is 12.1 Å². The van der Waals surface area contributed by atoms with Crippen molar-refractivity contribution in [2.24, 2.45) is 0 Å². The Morgan fingerprint density at radius 2 is 1.92 bits per heavy atom. The summed E-state index contributed by atoms with van der Waals surface area (Å²) >= 11 is 0. The van der Waals surface area contributed by atoms with E-state index in [4.69, 9.17) is 9.47 Å². The Kier molecular flexibility index (Phi) is 5.13. The van der Waals surface area contributed by atoms with Gasteiger partial charge >= 0.3 is 12.1 Å². The van der Waals surface area contributed by atoms with Crippen molar-refractivity contribution in [3.63, 3.8) is 0 Å². The van der Waals surface area contributed by atoms with Gasteiger partial charge in [0, 0.05) is 6.20 Å². The number of hydrogen-bond donors (Lipinski definition) is 0. The van der Waals surface area contributed by atoms with Crippen molar-refractivity contribution in [2.75, 3.05) is 26.3 Å². The second-order valence-electron chi connectivity index (χ2n) is 5.58. The molecule has 7 nitrogen and oxygen atoms in total. The molecule has 130 valence electrons. The van der Waals surface area contributed by atoms with Crippen LogP contribution in [0.3, 0.4) is 0 Å². The molecule has 0 atom stereocenters. The highest BCUT2D eigenvalue weighted by atomic mass is 16.6. The molecule has 1 saturated heterocycles. The zero-order valence-corrected chi connectivity index (χ0v) is 13.6. The highest BCUT2D eigenvalue weighted by molar-refractivity contribution is 5.88. The first-order chi connectivity index (χ1) is 12.1. The van der Waals surface area contributed by atoms with Crippen molar-refractivity contribution in [1.82, 2.24) is 9.47 Å². The molecule has 1 aliphatic rings. The number of ether oxygens (including phenoxy) is 2. The van der Waals surface area contributed by atoms with Gasteiger partial charge in [0.15, 0.2) is 0 Å². The molecule has 1 aromatic carbocycles. The van der Waals surface area contributed by atoms with Crippen LogP contribution in [0.2, 0.25) is 0 Å². The van der Waals surface area contributed by atoms with Crippen LogP contribution in [0.4, 0.5) is 4.79 Å². The molecule has 0 aliphatic carbocycles. The summed E-state index contributed by atoms with van der Waals surface area (Å²) < 4.78 is 11.4. The minimum atomic E-state index is -0.694. The quantitative estimate of drug-likeness (QED) is 0.744. The number of benzene rings is 1. The minimum Gasteiger partial charge on any atom is -0.460 e. The number of aromatic nitrogens is 1. The molecule has 3 rings (SSSR count). The molecule has 0 saturated carbocycles. The number of nitrogens with zero attached hydrogens (tertiary/aromatic N) is 2. The van der Waals surface area contributed by atoms with Crippen molar-refractivity contribution in [1.29, 1.82) is 0 Å². The Labute approximate surface area is 144 Å². The largest absolute Gasteiger partial charge is 0.460 e. The summed E-state index contributed by atoms with van der Waals surface area (Å²) in [5.41, 5.74) is 0.530. The lowest BCUT2D eigenvalue weighted by Gasteiger charge is -2.12. The van der Waals surface area contributed by atoms with E-state index in [1.807, 2.05) is 30.3 Å². The molecule has 25 heavy (non-hydrogen) atoms. The third-order valence-electron chi connectivity index (χ3n) is 3.88. The summed E-state index contributed by atoms with van der Waals surface area (Å²) in [5, 5.41) is 0. The maximum atomic E-state index is 12.5. The van der Waals surface area contributed by atoms with Crippen LogP contribution in [0.1, 0.15) is 15.9 Å². The van der Waals surface area contributed by atoms with Gasteiger partial charge in [-0.3, -0.25) is 4.79 Å². The molecule has 2 aromatic rings. The third-order valence-corrected chi connectivity index (χ3v) is 3.88. The number of rotatable bonds is 6. The van der Waals surface area contributed by atoms with Crippen LogP contribution in [0.25, 0.3) is 0 Å². The maximum Gasteiger partial charge on any atom is 0.410 e. The van der Waals surface area contributed by atoms with E-state index in [-0.39, 0.29) is 18.7 Å². The van der Waals surface area contributed by atoms with E-state index in [1.54, 1.807) is 12.3 Å². The van der Waals surface area contributed by atoms with E-state index in [2.05, 4.69) is 0 Å².